The number of carbonyl (C=O) groups is 2. The first kappa shape index (κ1) is 14.8. The topological polar surface area (TPSA) is 102 Å². The molecule has 21 heavy (non-hydrogen) atoms. The van der Waals surface area contributed by atoms with Crippen LogP contribution in [0.1, 0.15) is 28.7 Å². The van der Waals surface area contributed by atoms with Gasteiger partial charge in [-0.2, -0.15) is 10.2 Å². The van der Waals surface area contributed by atoms with Crippen LogP contribution in [0.4, 0.5) is 0 Å². The van der Waals surface area contributed by atoms with Crippen LogP contribution < -0.4 is 5.32 Å². The van der Waals surface area contributed by atoms with Gasteiger partial charge in [0, 0.05) is 31.0 Å². The number of carboxylic acids is 1. The number of aromatic nitrogens is 4. The van der Waals surface area contributed by atoms with E-state index in [4.69, 9.17) is 5.11 Å². The third-order valence-corrected chi connectivity index (χ3v) is 3.08. The molecule has 0 atom stereocenters. The lowest BCUT2D eigenvalue weighted by Gasteiger charge is -2.06. The minimum absolute atomic E-state index is 0.0138. The van der Waals surface area contributed by atoms with Gasteiger partial charge in [-0.05, 0) is 19.9 Å². The summed E-state index contributed by atoms with van der Waals surface area (Å²) < 4.78 is 2.95. The number of nitrogens with one attached hydrogen (secondary N) is 1. The monoisotopic (exact) mass is 291 g/mol. The molecule has 0 saturated carbocycles. The summed E-state index contributed by atoms with van der Waals surface area (Å²) in [6, 6.07) is 1.35. The molecule has 2 aromatic heterocycles. The van der Waals surface area contributed by atoms with Gasteiger partial charge in [-0.3, -0.25) is 9.48 Å². The van der Waals surface area contributed by atoms with Crippen LogP contribution in [0.15, 0.2) is 18.5 Å². The van der Waals surface area contributed by atoms with E-state index in [0.717, 1.165) is 22.5 Å². The summed E-state index contributed by atoms with van der Waals surface area (Å²) in [7, 11) is 0. The highest BCUT2D eigenvalue weighted by Gasteiger charge is 2.13. The van der Waals surface area contributed by atoms with Crippen molar-refractivity contribution in [2.45, 2.75) is 33.5 Å². The number of rotatable bonds is 6. The van der Waals surface area contributed by atoms with Gasteiger partial charge in [0.15, 0.2) is 0 Å². The second-order valence-corrected chi connectivity index (χ2v) is 4.55. The number of hydrogen-bond donors (Lipinski definition) is 2. The zero-order valence-corrected chi connectivity index (χ0v) is 11.9. The molecular weight excluding hydrogens is 274 g/mol. The van der Waals surface area contributed by atoms with Crippen LogP contribution in [0.25, 0.3) is 0 Å². The minimum atomic E-state index is -1.11. The molecule has 8 heteroatoms. The van der Waals surface area contributed by atoms with Crippen LogP contribution in [0, 0.1) is 6.92 Å². The lowest BCUT2D eigenvalue weighted by atomic mass is 10.2. The molecule has 0 aliphatic carbocycles. The van der Waals surface area contributed by atoms with E-state index in [0.29, 0.717) is 6.54 Å². The average Bonchev–Trinajstić information content (AvgIpc) is 3.03. The lowest BCUT2D eigenvalue weighted by molar-refractivity contribution is -0.122. The Morgan fingerprint density at radius 3 is 2.81 bits per heavy atom. The molecule has 0 aromatic carbocycles. The van der Waals surface area contributed by atoms with Gasteiger partial charge in [-0.25, -0.2) is 9.48 Å². The Kier molecular flexibility index (Phi) is 4.36. The third-order valence-electron chi connectivity index (χ3n) is 3.08. The maximum absolute atomic E-state index is 11.9. The van der Waals surface area contributed by atoms with Crippen LogP contribution in [0.5, 0.6) is 0 Å². The van der Waals surface area contributed by atoms with Crippen molar-refractivity contribution in [3.05, 3.63) is 35.4 Å². The Hall–Kier alpha value is -2.64. The van der Waals surface area contributed by atoms with Gasteiger partial charge in [0.05, 0.1) is 5.69 Å². The molecular formula is C13H17N5O3. The quantitative estimate of drug-likeness (QED) is 0.803. The van der Waals surface area contributed by atoms with Crippen molar-refractivity contribution in [2.24, 2.45) is 0 Å². The van der Waals surface area contributed by atoms with E-state index in [2.05, 4.69) is 15.5 Å². The molecule has 8 nitrogen and oxygen atoms in total. The molecule has 112 valence electrons. The van der Waals surface area contributed by atoms with Crippen molar-refractivity contribution in [1.29, 1.82) is 0 Å². The summed E-state index contributed by atoms with van der Waals surface area (Å²) in [5.41, 5.74) is 1.78. The van der Waals surface area contributed by atoms with Gasteiger partial charge in [0.1, 0.15) is 12.2 Å². The molecule has 1 amide bonds. The predicted molar refractivity (Wildman–Crippen MR) is 73.7 cm³/mol. The fourth-order valence-corrected chi connectivity index (χ4v) is 1.92. The lowest BCUT2D eigenvalue weighted by Crippen LogP contribution is -2.28. The number of amides is 1. The molecule has 0 saturated heterocycles. The molecule has 0 bridgehead atoms. The Morgan fingerprint density at radius 2 is 2.19 bits per heavy atom. The van der Waals surface area contributed by atoms with Gasteiger partial charge in [-0.15, -0.1) is 0 Å². The second-order valence-electron chi connectivity index (χ2n) is 4.55. The largest absolute Gasteiger partial charge is 0.477 e. The van der Waals surface area contributed by atoms with Gasteiger partial charge in [-0.1, -0.05) is 0 Å². The SMILES string of the molecule is CCn1cc(CNC(=O)Cn2nccc2C(=O)O)c(C)n1. The van der Waals surface area contributed by atoms with E-state index in [1.54, 1.807) is 4.68 Å². The van der Waals surface area contributed by atoms with E-state index in [1.807, 2.05) is 20.0 Å². The zero-order valence-electron chi connectivity index (χ0n) is 11.9. The standard InChI is InChI=1S/C13H17N5O3/c1-3-17-7-10(9(2)16-17)6-14-12(19)8-18-11(13(20)21)4-5-15-18/h4-5,7H,3,6,8H2,1-2H3,(H,14,19)(H,20,21). The summed E-state index contributed by atoms with van der Waals surface area (Å²) in [6.45, 7) is 4.86. The highest BCUT2D eigenvalue weighted by Crippen LogP contribution is 2.05. The van der Waals surface area contributed by atoms with Gasteiger partial charge in [0.25, 0.3) is 0 Å². The number of carbonyl (C=O) groups excluding carboxylic acids is 1. The molecule has 2 rings (SSSR count). The molecule has 0 fully saturated rings. The summed E-state index contributed by atoms with van der Waals surface area (Å²) >= 11 is 0. The molecule has 0 spiro atoms. The first-order valence-electron chi connectivity index (χ1n) is 6.56. The van der Waals surface area contributed by atoms with Gasteiger partial charge >= 0.3 is 5.97 Å². The molecule has 0 aliphatic heterocycles. The number of aryl methyl sites for hydroxylation is 2. The second kappa shape index (κ2) is 6.21. The van der Waals surface area contributed by atoms with E-state index >= 15 is 0 Å². The summed E-state index contributed by atoms with van der Waals surface area (Å²) in [4.78, 5) is 22.8. The Balaban J connectivity index is 1.94. The smallest absolute Gasteiger partial charge is 0.354 e. The van der Waals surface area contributed by atoms with E-state index in [9.17, 15) is 9.59 Å². The maximum Gasteiger partial charge on any atom is 0.354 e. The van der Waals surface area contributed by atoms with Crippen molar-refractivity contribution in [2.75, 3.05) is 0 Å². The first-order chi connectivity index (χ1) is 10.0. The molecule has 0 radical (unpaired) electrons. The van der Waals surface area contributed by atoms with Crippen LogP contribution in [0.3, 0.4) is 0 Å². The highest BCUT2D eigenvalue weighted by molar-refractivity contribution is 5.86. The number of aromatic carboxylic acids is 1. The van der Waals surface area contributed by atoms with Crippen LogP contribution >= 0.6 is 0 Å². The normalized spacial score (nSPS) is 10.6. The molecule has 0 aliphatic rings. The molecule has 2 heterocycles. The number of hydrogen-bond acceptors (Lipinski definition) is 4. The summed E-state index contributed by atoms with van der Waals surface area (Å²) in [6.07, 6.45) is 3.23. The Morgan fingerprint density at radius 1 is 1.43 bits per heavy atom. The highest BCUT2D eigenvalue weighted by atomic mass is 16.4. The van der Waals surface area contributed by atoms with Crippen LogP contribution in [-0.4, -0.2) is 36.5 Å². The fraction of sp³-hybridized carbons (Fsp3) is 0.385. The number of nitrogens with zero attached hydrogens (tertiary/aromatic N) is 4. The van der Waals surface area contributed by atoms with Crippen molar-refractivity contribution in [3.63, 3.8) is 0 Å². The number of carboxylic acid groups (broad SMARTS) is 1. The van der Waals surface area contributed by atoms with Crippen molar-refractivity contribution in [1.82, 2.24) is 24.9 Å². The Bertz CT molecular complexity index is 659. The van der Waals surface area contributed by atoms with Crippen molar-refractivity contribution >= 4 is 11.9 Å². The van der Waals surface area contributed by atoms with E-state index < -0.39 is 5.97 Å². The summed E-state index contributed by atoms with van der Waals surface area (Å²) in [5, 5.41) is 19.8. The van der Waals surface area contributed by atoms with Crippen LogP contribution in [-0.2, 0) is 24.4 Å². The summed E-state index contributed by atoms with van der Waals surface area (Å²) in [5.74, 6) is -1.41. The predicted octanol–water partition coefficient (Wildman–Crippen LogP) is 0.423. The molecule has 2 N–H and O–H groups in total. The fourth-order valence-electron chi connectivity index (χ4n) is 1.92. The molecule has 0 unspecified atom stereocenters. The van der Waals surface area contributed by atoms with Crippen molar-refractivity contribution in [3.8, 4) is 0 Å². The average molecular weight is 291 g/mol. The van der Waals surface area contributed by atoms with E-state index in [1.165, 1.54) is 12.3 Å². The van der Waals surface area contributed by atoms with Gasteiger partial charge < -0.3 is 10.4 Å². The van der Waals surface area contributed by atoms with Gasteiger partial charge in [0.2, 0.25) is 5.91 Å². The maximum atomic E-state index is 11.9. The zero-order chi connectivity index (χ0) is 15.4. The Labute approximate surface area is 121 Å². The minimum Gasteiger partial charge on any atom is -0.477 e. The van der Waals surface area contributed by atoms with Crippen LogP contribution in [0.2, 0.25) is 0 Å². The third kappa shape index (κ3) is 3.47. The first-order valence-corrected chi connectivity index (χ1v) is 6.56. The van der Waals surface area contributed by atoms with E-state index in [-0.39, 0.29) is 18.1 Å². The van der Waals surface area contributed by atoms with Crippen molar-refractivity contribution < 1.29 is 14.7 Å². The molecule has 2 aromatic rings.